The van der Waals surface area contributed by atoms with Crippen LogP contribution >= 0.6 is 15.9 Å². The summed E-state index contributed by atoms with van der Waals surface area (Å²) in [6.07, 6.45) is 4.58. The third-order valence-corrected chi connectivity index (χ3v) is 4.05. The van der Waals surface area contributed by atoms with Crippen LogP contribution in [0.1, 0.15) is 31.0 Å². The molecule has 0 spiro atoms. The molecule has 0 fully saturated rings. The second kappa shape index (κ2) is 8.15. The van der Waals surface area contributed by atoms with Crippen LogP contribution in [-0.2, 0) is 6.42 Å². The van der Waals surface area contributed by atoms with Gasteiger partial charge in [-0.1, -0.05) is 41.1 Å². The van der Waals surface area contributed by atoms with Crippen LogP contribution < -0.4 is 10.1 Å². The van der Waals surface area contributed by atoms with Crippen molar-refractivity contribution in [1.29, 1.82) is 0 Å². The lowest BCUT2D eigenvalue weighted by Gasteiger charge is -2.19. The fourth-order valence-electron chi connectivity index (χ4n) is 2.31. The molecule has 0 amide bonds. The fraction of sp³-hybridized carbons (Fsp3) is 0.353. The maximum atomic E-state index is 5.55. The van der Waals surface area contributed by atoms with Crippen molar-refractivity contribution in [1.82, 2.24) is 10.3 Å². The second-order valence-electron chi connectivity index (χ2n) is 4.79. The number of aromatic nitrogens is 1. The summed E-state index contributed by atoms with van der Waals surface area (Å²) in [7, 11) is 0. The molecule has 0 saturated heterocycles. The molecule has 1 heterocycles. The van der Waals surface area contributed by atoms with E-state index in [9.17, 15) is 0 Å². The van der Waals surface area contributed by atoms with Crippen LogP contribution in [0.3, 0.4) is 0 Å². The molecule has 1 unspecified atom stereocenters. The van der Waals surface area contributed by atoms with Crippen molar-refractivity contribution in [3.05, 3.63) is 58.3 Å². The topological polar surface area (TPSA) is 34.2 Å². The summed E-state index contributed by atoms with van der Waals surface area (Å²) in [6.45, 7) is 5.66. The zero-order valence-corrected chi connectivity index (χ0v) is 14.1. The largest absolute Gasteiger partial charge is 0.492 e. The molecule has 2 rings (SSSR count). The Balaban J connectivity index is 2.22. The minimum absolute atomic E-state index is 0.224. The minimum atomic E-state index is 0.224. The number of benzene rings is 1. The molecule has 0 bridgehead atoms. The van der Waals surface area contributed by atoms with E-state index in [-0.39, 0.29) is 6.04 Å². The molecule has 1 aromatic carbocycles. The van der Waals surface area contributed by atoms with Gasteiger partial charge in [0.05, 0.1) is 12.8 Å². The number of hydrogen-bond donors (Lipinski definition) is 1. The molecule has 4 heteroatoms. The van der Waals surface area contributed by atoms with Crippen LogP contribution in [0.25, 0.3) is 0 Å². The molecule has 1 N–H and O–H groups in total. The normalized spacial score (nSPS) is 12.1. The molecule has 2 aromatic rings. The van der Waals surface area contributed by atoms with Crippen molar-refractivity contribution >= 4 is 15.9 Å². The molecule has 112 valence electrons. The van der Waals surface area contributed by atoms with Crippen molar-refractivity contribution in [2.75, 3.05) is 13.2 Å². The number of nitrogens with zero attached hydrogens (tertiary/aromatic N) is 1. The molecule has 0 aliphatic carbocycles. The summed E-state index contributed by atoms with van der Waals surface area (Å²) >= 11 is 3.62. The van der Waals surface area contributed by atoms with E-state index in [0.717, 1.165) is 28.8 Å². The van der Waals surface area contributed by atoms with Gasteiger partial charge in [-0.15, -0.1) is 0 Å². The highest BCUT2D eigenvalue weighted by Gasteiger charge is 2.14. The predicted molar refractivity (Wildman–Crippen MR) is 89.7 cm³/mol. The van der Waals surface area contributed by atoms with Gasteiger partial charge in [-0.3, -0.25) is 4.98 Å². The van der Waals surface area contributed by atoms with Crippen LogP contribution in [0.15, 0.2) is 47.2 Å². The van der Waals surface area contributed by atoms with Gasteiger partial charge in [0, 0.05) is 16.7 Å². The van der Waals surface area contributed by atoms with E-state index >= 15 is 0 Å². The Morgan fingerprint density at radius 3 is 2.76 bits per heavy atom. The molecule has 0 saturated carbocycles. The third-order valence-electron chi connectivity index (χ3n) is 3.28. The smallest absolute Gasteiger partial charge is 0.137 e. The number of ether oxygens (including phenoxy) is 1. The number of hydrogen-bond acceptors (Lipinski definition) is 3. The quantitative estimate of drug-likeness (QED) is 0.816. The van der Waals surface area contributed by atoms with E-state index in [1.807, 2.05) is 19.2 Å². The highest BCUT2D eigenvalue weighted by molar-refractivity contribution is 9.10. The van der Waals surface area contributed by atoms with Gasteiger partial charge in [0.1, 0.15) is 5.75 Å². The van der Waals surface area contributed by atoms with Crippen LogP contribution in [0.2, 0.25) is 0 Å². The Morgan fingerprint density at radius 2 is 2.05 bits per heavy atom. The lowest BCUT2D eigenvalue weighted by atomic mass is 10.00. The minimum Gasteiger partial charge on any atom is -0.492 e. The first-order valence-electron chi connectivity index (χ1n) is 7.29. The van der Waals surface area contributed by atoms with E-state index < -0.39 is 0 Å². The molecule has 0 aliphatic heterocycles. The van der Waals surface area contributed by atoms with E-state index in [1.54, 1.807) is 6.20 Å². The number of likely N-dealkylation sites (N-methyl/N-ethyl adjacent to an activating group) is 1. The summed E-state index contributed by atoms with van der Waals surface area (Å²) in [5, 5.41) is 3.53. The standard InChI is InChI=1S/C17H21BrN2O/c1-3-20-17(10-13-7-5-6-8-16(13)18)14-9-15(21-4-2)12-19-11-14/h5-9,11-12,17,20H,3-4,10H2,1-2H3. The monoisotopic (exact) mass is 348 g/mol. The fourth-order valence-corrected chi connectivity index (χ4v) is 2.76. The molecule has 0 radical (unpaired) electrons. The molecule has 1 aromatic heterocycles. The van der Waals surface area contributed by atoms with Crippen molar-refractivity contribution in [2.24, 2.45) is 0 Å². The van der Waals surface area contributed by atoms with Crippen LogP contribution in [0.4, 0.5) is 0 Å². The Hall–Kier alpha value is -1.39. The summed E-state index contributed by atoms with van der Waals surface area (Å²) in [6, 6.07) is 10.6. The summed E-state index contributed by atoms with van der Waals surface area (Å²) in [5.41, 5.74) is 2.43. The molecular formula is C17H21BrN2O. The highest BCUT2D eigenvalue weighted by Crippen LogP contribution is 2.25. The number of pyridine rings is 1. The number of nitrogens with one attached hydrogen (secondary N) is 1. The van der Waals surface area contributed by atoms with Gasteiger partial charge in [0.15, 0.2) is 0 Å². The van der Waals surface area contributed by atoms with Gasteiger partial charge in [-0.2, -0.15) is 0 Å². The molecule has 21 heavy (non-hydrogen) atoms. The Labute approximate surface area is 134 Å². The van der Waals surface area contributed by atoms with Crippen molar-refractivity contribution in [3.63, 3.8) is 0 Å². The van der Waals surface area contributed by atoms with E-state index in [0.29, 0.717) is 6.61 Å². The first-order chi connectivity index (χ1) is 10.2. The molecular weight excluding hydrogens is 328 g/mol. The predicted octanol–water partition coefficient (Wildman–Crippen LogP) is 4.14. The average Bonchev–Trinajstić information content (AvgIpc) is 2.49. The Bertz CT molecular complexity index is 574. The molecule has 3 nitrogen and oxygen atoms in total. The Kier molecular flexibility index (Phi) is 6.21. The number of halogens is 1. The molecule has 0 aliphatic rings. The lowest BCUT2D eigenvalue weighted by Crippen LogP contribution is -2.23. The van der Waals surface area contributed by atoms with Crippen LogP contribution in [0, 0.1) is 0 Å². The van der Waals surface area contributed by atoms with Gasteiger partial charge in [-0.25, -0.2) is 0 Å². The zero-order chi connectivity index (χ0) is 15.1. The van der Waals surface area contributed by atoms with Gasteiger partial charge in [0.2, 0.25) is 0 Å². The second-order valence-corrected chi connectivity index (χ2v) is 5.65. The first kappa shape index (κ1) is 16.0. The van der Waals surface area contributed by atoms with Crippen molar-refractivity contribution in [3.8, 4) is 5.75 Å². The van der Waals surface area contributed by atoms with Crippen molar-refractivity contribution in [2.45, 2.75) is 26.3 Å². The van der Waals surface area contributed by atoms with Gasteiger partial charge in [-0.05, 0) is 43.1 Å². The SMILES string of the molecule is CCNC(Cc1ccccc1Br)c1cncc(OCC)c1. The van der Waals surface area contributed by atoms with Crippen molar-refractivity contribution < 1.29 is 4.74 Å². The van der Waals surface area contributed by atoms with Crippen LogP contribution in [0.5, 0.6) is 5.75 Å². The third kappa shape index (κ3) is 4.55. The summed E-state index contributed by atoms with van der Waals surface area (Å²) in [4.78, 5) is 4.29. The van der Waals surface area contributed by atoms with Gasteiger partial charge >= 0.3 is 0 Å². The zero-order valence-electron chi connectivity index (χ0n) is 12.5. The first-order valence-corrected chi connectivity index (χ1v) is 8.08. The maximum Gasteiger partial charge on any atom is 0.137 e. The average molecular weight is 349 g/mol. The van der Waals surface area contributed by atoms with Crippen LogP contribution in [-0.4, -0.2) is 18.1 Å². The lowest BCUT2D eigenvalue weighted by molar-refractivity contribution is 0.338. The number of rotatable bonds is 7. The highest BCUT2D eigenvalue weighted by atomic mass is 79.9. The molecule has 1 atom stereocenters. The summed E-state index contributed by atoms with van der Waals surface area (Å²) in [5.74, 6) is 0.824. The summed E-state index contributed by atoms with van der Waals surface area (Å²) < 4.78 is 6.69. The van der Waals surface area contributed by atoms with Gasteiger partial charge in [0.25, 0.3) is 0 Å². The Morgan fingerprint density at radius 1 is 1.24 bits per heavy atom. The van der Waals surface area contributed by atoms with Gasteiger partial charge < -0.3 is 10.1 Å². The van der Waals surface area contributed by atoms with E-state index in [1.165, 1.54) is 5.56 Å². The van der Waals surface area contributed by atoms with E-state index in [4.69, 9.17) is 4.74 Å². The maximum absolute atomic E-state index is 5.55. The van der Waals surface area contributed by atoms with E-state index in [2.05, 4.69) is 57.4 Å².